The zero-order valence-corrected chi connectivity index (χ0v) is 15.4. The molecule has 29 heavy (non-hydrogen) atoms. The number of non-ortho nitro benzene ring substituents is 1. The standard InChI is InChI=1S/C19H15N3O7/c1-27-13-7-6-10(8-14(13)28-2)16-15-17(29-20-16)19(24)21(18(15)23)11-4-3-5-12(9-11)22(25)26/h3-9,15,17H,1-2H3/t15-,17+/m0/s1. The zero-order valence-electron chi connectivity index (χ0n) is 15.4. The molecule has 10 heteroatoms. The van der Waals surface area contributed by atoms with Gasteiger partial charge in [0.1, 0.15) is 11.6 Å². The Bertz CT molecular complexity index is 1070. The molecule has 0 saturated carbocycles. The van der Waals surface area contributed by atoms with Crippen LogP contribution in [0.25, 0.3) is 0 Å². The predicted octanol–water partition coefficient (Wildman–Crippen LogP) is 1.90. The summed E-state index contributed by atoms with van der Waals surface area (Å²) in [4.78, 5) is 42.4. The van der Waals surface area contributed by atoms with Crippen molar-refractivity contribution in [2.75, 3.05) is 19.1 Å². The highest BCUT2D eigenvalue weighted by atomic mass is 16.7. The molecule has 10 nitrogen and oxygen atoms in total. The number of rotatable bonds is 5. The molecule has 4 rings (SSSR count). The Morgan fingerprint density at radius 1 is 1.07 bits per heavy atom. The van der Waals surface area contributed by atoms with Crippen molar-refractivity contribution in [1.82, 2.24) is 0 Å². The van der Waals surface area contributed by atoms with E-state index in [0.29, 0.717) is 17.1 Å². The first-order valence-corrected chi connectivity index (χ1v) is 8.54. The van der Waals surface area contributed by atoms with Gasteiger partial charge in [-0.3, -0.25) is 19.7 Å². The van der Waals surface area contributed by atoms with E-state index in [9.17, 15) is 19.7 Å². The molecule has 2 amide bonds. The van der Waals surface area contributed by atoms with Crippen LogP contribution in [0.4, 0.5) is 11.4 Å². The summed E-state index contributed by atoms with van der Waals surface area (Å²) < 4.78 is 10.5. The number of nitro groups is 1. The lowest BCUT2D eigenvalue weighted by atomic mass is 9.94. The second-order valence-electron chi connectivity index (χ2n) is 6.34. The number of amides is 2. The van der Waals surface area contributed by atoms with Crippen LogP contribution in [-0.4, -0.2) is 42.8 Å². The van der Waals surface area contributed by atoms with E-state index in [0.717, 1.165) is 4.90 Å². The van der Waals surface area contributed by atoms with Gasteiger partial charge in [-0.05, 0) is 24.3 Å². The van der Waals surface area contributed by atoms with E-state index < -0.39 is 28.8 Å². The molecule has 1 fully saturated rings. The first kappa shape index (κ1) is 18.4. The van der Waals surface area contributed by atoms with Crippen molar-refractivity contribution in [3.63, 3.8) is 0 Å². The third kappa shape index (κ3) is 2.85. The van der Waals surface area contributed by atoms with Gasteiger partial charge in [0.15, 0.2) is 11.5 Å². The summed E-state index contributed by atoms with van der Waals surface area (Å²) >= 11 is 0. The quantitative estimate of drug-likeness (QED) is 0.429. The van der Waals surface area contributed by atoms with Crippen LogP contribution in [0.2, 0.25) is 0 Å². The van der Waals surface area contributed by atoms with Gasteiger partial charge >= 0.3 is 0 Å². The second kappa shape index (κ2) is 6.89. The van der Waals surface area contributed by atoms with Crippen LogP contribution in [0.15, 0.2) is 47.6 Å². The molecular formula is C19H15N3O7. The molecule has 148 valence electrons. The van der Waals surface area contributed by atoms with Crippen LogP contribution in [0.1, 0.15) is 5.56 Å². The lowest BCUT2D eigenvalue weighted by molar-refractivity contribution is -0.384. The van der Waals surface area contributed by atoms with Crippen LogP contribution in [0, 0.1) is 16.0 Å². The summed E-state index contributed by atoms with van der Waals surface area (Å²) in [5.41, 5.74) is 0.702. The van der Waals surface area contributed by atoms with E-state index in [2.05, 4.69) is 5.16 Å². The minimum absolute atomic E-state index is 0.110. The average molecular weight is 397 g/mol. The fourth-order valence-corrected chi connectivity index (χ4v) is 3.41. The molecule has 2 aromatic carbocycles. The number of benzene rings is 2. The molecule has 2 aliphatic rings. The van der Waals surface area contributed by atoms with E-state index in [1.54, 1.807) is 18.2 Å². The van der Waals surface area contributed by atoms with Crippen LogP contribution in [0.5, 0.6) is 11.5 Å². The number of fused-ring (bicyclic) bond motifs is 1. The number of nitrogens with zero attached hydrogens (tertiary/aromatic N) is 3. The van der Waals surface area contributed by atoms with E-state index in [1.165, 1.54) is 38.5 Å². The molecule has 2 aromatic rings. The van der Waals surface area contributed by atoms with E-state index in [4.69, 9.17) is 14.3 Å². The van der Waals surface area contributed by atoms with Gasteiger partial charge in [0.05, 0.1) is 24.8 Å². The van der Waals surface area contributed by atoms with Gasteiger partial charge in [-0.25, -0.2) is 4.90 Å². The number of nitro benzene ring substituents is 1. The van der Waals surface area contributed by atoms with Crippen molar-refractivity contribution in [3.05, 3.63) is 58.1 Å². The number of hydrogen-bond donors (Lipinski definition) is 0. The molecule has 0 spiro atoms. The lowest BCUT2D eigenvalue weighted by Gasteiger charge is -2.15. The summed E-state index contributed by atoms with van der Waals surface area (Å²) in [6.07, 6.45) is -1.12. The van der Waals surface area contributed by atoms with Gasteiger partial charge in [-0.15, -0.1) is 0 Å². The summed E-state index contributed by atoms with van der Waals surface area (Å²) in [5.74, 6) is -1.21. The van der Waals surface area contributed by atoms with Crippen LogP contribution < -0.4 is 14.4 Å². The normalized spacial score (nSPS) is 20.2. The number of hydrogen-bond acceptors (Lipinski definition) is 8. The summed E-state index contributed by atoms with van der Waals surface area (Å²) in [7, 11) is 2.98. The summed E-state index contributed by atoms with van der Waals surface area (Å²) in [6, 6.07) is 10.3. The Morgan fingerprint density at radius 2 is 1.83 bits per heavy atom. The molecule has 2 atom stereocenters. The number of carbonyl (C=O) groups excluding carboxylic acids is 2. The molecule has 0 radical (unpaired) electrons. The largest absolute Gasteiger partial charge is 0.493 e. The Labute approximate surface area is 164 Å². The Balaban J connectivity index is 1.69. The van der Waals surface area contributed by atoms with Crippen molar-refractivity contribution in [1.29, 1.82) is 0 Å². The number of anilines is 1. The third-order valence-corrected chi connectivity index (χ3v) is 4.79. The minimum atomic E-state index is -1.12. The number of ether oxygens (including phenoxy) is 2. The molecule has 2 heterocycles. The highest BCUT2D eigenvalue weighted by Gasteiger charge is 2.56. The zero-order chi connectivity index (χ0) is 20.7. The highest BCUT2D eigenvalue weighted by Crippen LogP contribution is 2.37. The monoisotopic (exact) mass is 397 g/mol. The van der Waals surface area contributed by atoms with E-state index in [1.807, 2.05) is 0 Å². The predicted molar refractivity (Wildman–Crippen MR) is 100 cm³/mol. The minimum Gasteiger partial charge on any atom is -0.493 e. The highest BCUT2D eigenvalue weighted by molar-refractivity contribution is 6.32. The Morgan fingerprint density at radius 3 is 2.52 bits per heavy atom. The second-order valence-corrected chi connectivity index (χ2v) is 6.34. The fraction of sp³-hybridized carbons (Fsp3) is 0.211. The molecule has 0 aromatic heterocycles. The number of methoxy groups -OCH3 is 2. The molecule has 0 unspecified atom stereocenters. The van der Waals surface area contributed by atoms with Gasteiger partial charge in [-0.2, -0.15) is 0 Å². The molecule has 0 bridgehead atoms. The SMILES string of the molecule is COc1ccc(C2=NO[C@H]3C(=O)N(c4cccc([N+](=O)[O-])c4)C(=O)[C@@H]23)cc1OC. The average Bonchev–Trinajstić information content (AvgIpc) is 3.27. The van der Waals surface area contributed by atoms with Crippen molar-refractivity contribution >= 4 is 28.9 Å². The molecular weight excluding hydrogens is 382 g/mol. The smallest absolute Gasteiger partial charge is 0.278 e. The summed E-state index contributed by atoms with van der Waals surface area (Å²) in [6.45, 7) is 0. The third-order valence-electron chi connectivity index (χ3n) is 4.79. The van der Waals surface area contributed by atoms with Crippen molar-refractivity contribution in [2.24, 2.45) is 11.1 Å². The van der Waals surface area contributed by atoms with Gasteiger partial charge in [0, 0.05) is 17.7 Å². The fourth-order valence-electron chi connectivity index (χ4n) is 3.41. The molecule has 2 aliphatic heterocycles. The topological polar surface area (TPSA) is 121 Å². The number of carbonyl (C=O) groups is 2. The first-order chi connectivity index (χ1) is 14.0. The maximum atomic E-state index is 13.1. The van der Waals surface area contributed by atoms with Crippen molar-refractivity contribution < 1.29 is 28.8 Å². The maximum Gasteiger partial charge on any atom is 0.278 e. The van der Waals surface area contributed by atoms with Crippen LogP contribution >= 0.6 is 0 Å². The molecule has 0 N–H and O–H groups in total. The molecule has 1 saturated heterocycles. The number of oxime groups is 1. The van der Waals surface area contributed by atoms with Gasteiger partial charge in [-0.1, -0.05) is 11.2 Å². The molecule has 0 aliphatic carbocycles. The van der Waals surface area contributed by atoms with Crippen molar-refractivity contribution in [2.45, 2.75) is 6.10 Å². The van der Waals surface area contributed by atoms with Crippen LogP contribution in [-0.2, 0) is 14.4 Å². The van der Waals surface area contributed by atoms with Crippen LogP contribution in [0.3, 0.4) is 0 Å². The number of imide groups is 1. The maximum absolute atomic E-state index is 13.1. The van der Waals surface area contributed by atoms with Gasteiger partial charge in [0.2, 0.25) is 12.0 Å². The first-order valence-electron chi connectivity index (χ1n) is 8.54. The van der Waals surface area contributed by atoms with E-state index in [-0.39, 0.29) is 17.1 Å². The lowest BCUT2D eigenvalue weighted by Crippen LogP contribution is -2.33. The van der Waals surface area contributed by atoms with E-state index >= 15 is 0 Å². The Hall–Kier alpha value is -3.95. The van der Waals surface area contributed by atoms with Crippen molar-refractivity contribution in [3.8, 4) is 11.5 Å². The van der Waals surface area contributed by atoms with Gasteiger partial charge < -0.3 is 14.3 Å². The van der Waals surface area contributed by atoms with Gasteiger partial charge in [0.25, 0.3) is 11.6 Å². The summed E-state index contributed by atoms with van der Waals surface area (Å²) in [5, 5.41) is 15.0. The Kier molecular flexibility index (Phi) is 4.38.